The summed E-state index contributed by atoms with van der Waals surface area (Å²) in [6.45, 7) is 0. The van der Waals surface area contributed by atoms with Gasteiger partial charge in [-0.2, -0.15) is 0 Å². The second kappa shape index (κ2) is 9.55. The number of thiophene rings is 1. The molecule has 6 aromatic carbocycles. The number of hydrogen-bond acceptors (Lipinski definition) is 4. The first-order valence-electron chi connectivity index (χ1n) is 14.4. The number of aromatic nitrogens is 3. The van der Waals surface area contributed by atoms with Crippen LogP contribution in [0.3, 0.4) is 0 Å². The Morgan fingerprint density at radius 1 is 0.372 bits per heavy atom. The van der Waals surface area contributed by atoms with Gasteiger partial charge in [0, 0.05) is 58.4 Å². The fourth-order valence-corrected chi connectivity index (χ4v) is 7.40. The van der Waals surface area contributed by atoms with Crippen LogP contribution in [0, 0.1) is 0 Å². The van der Waals surface area contributed by atoms with E-state index in [2.05, 4.69) is 115 Å². The third-order valence-electron chi connectivity index (χ3n) is 8.25. The predicted molar refractivity (Wildman–Crippen MR) is 182 cm³/mol. The molecule has 0 fully saturated rings. The van der Waals surface area contributed by atoms with Crippen molar-refractivity contribution in [2.45, 2.75) is 0 Å². The van der Waals surface area contributed by atoms with Crippen LogP contribution in [-0.4, -0.2) is 15.0 Å². The van der Waals surface area contributed by atoms with Crippen molar-refractivity contribution in [2.24, 2.45) is 0 Å². The molecule has 0 aliphatic heterocycles. The molecule has 43 heavy (non-hydrogen) atoms. The van der Waals surface area contributed by atoms with E-state index in [1.54, 1.807) is 0 Å². The first-order chi connectivity index (χ1) is 21.3. The highest BCUT2D eigenvalue weighted by Gasteiger charge is 2.18. The van der Waals surface area contributed by atoms with Gasteiger partial charge in [0.1, 0.15) is 0 Å². The van der Waals surface area contributed by atoms with E-state index in [0.717, 1.165) is 55.7 Å². The van der Waals surface area contributed by atoms with Crippen molar-refractivity contribution in [3.63, 3.8) is 0 Å². The maximum Gasteiger partial charge on any atom is 0.160 e. The average Bonchev–Trinajstić information content (AvgIpc) is 3.47. The fraction of sp³-hybridized carbons (Fsp3) is 0. The Kier molecular flexibility index (Phi) is 5.37. The maximum atomic E-state index is 5.35. The molecule has 0 aliphatic carbocycles. The lowest BCUT2D eigenvalue weighted by Gasteiger charge is -2.14. The van der Waals surface area contributed by atoms with E-state index >= 15 is 0 Å². The van der Waals surface area contributed by atoms with Crippen LogP contribution in [0.2, 0.25) is 0 Å². The van der Waals surface area contributed by atoms with Crippen LogP contribution >= 0.6 is 11.3 Å². The summed E-state index contributed by atoms with van der Waals surface area (Å²) in [6, 6.07) is 48.8. The highest BCUT2D eigenvalue weighted by molar-refractivity contribution is 7.26. The Labute approximate surface area is 251 Å². The van der Waals surface area contributed by atoms with E-state index in [9.17, 15) is 0 Å². The van der Waals surface area contributed by atoms with E-state index in [4.69, 9.17) is 15.0 Å². The van der Waals surface area contributed by atoms with Gasteiger partial charge in [-0.3, -0.25) is 0 Å². The summed E-state index contributed by atoms with van der Waals surface area (Å²) in [6.07, 6.45) is 0. The molecule has 0 saturated carbocycles. The van der Waals surface area contributed by atoms with E-state index in [1.807, 2.05) is 35.6 Å². The molecule has 0 unspecified atom stereocenters. The zero-order chi connectivity index (χ0) is 28.3. The normalized spacial score (nSPS) is 11.7. The molecule has 0 aliphatic rings. The van der Waals surface area contributed by atoms with E-state index in [-0.39, 0.29) is 0 Å². The second-order valence-corrected chi connectivity index (χ2v) is 11.9. The average molecular weight is 566 g/mol. The number of fused-ring (bicyclic) bond motifs is 8. The number of rotatable bonds is 3. The smallest absolute Gasteiger partial charge is 0.160 e. The molecule has 0 radical (unpaired) electrons. The lowest BCUT2D eigenvalue weighted by Crippen LogP contribution is -1.96. The monoisotopic (exact) mass is 565 g/mol. The molecule has 200 valence electrons. The van der Waals surface area contributed by atoms with Crippen LogP contribution in [0.1, 0.15) is 0 Å². The molecule has 3 heterocycles. The molecule has 3 nitrogen and oxygen atoms in total. The Balaban J connectivity index is 1.38. The van der Waals surface area contributed by atoms with Gasteiger partial charge in [0.05, 0.1) is 22.4 Å². The summed E-state index contributed by atoms with van der Waals surface area (Å²) in [4.78, 5) is 15.4. The van der Waals surface area contributed by atoms with Gasteiger partial charge in [0.15, 0.2) is 5.82 Å². The van der Waals surface area contributed by atoms with Crippen LogP contribution in [0.15, 0.2) is 140 Å². The zero-order valence-corrected chi connectivity index (χ0v) is 23.8. The minimum Gasteiger partial charge on any atom is -0.247 e. The molecule has 0 saturated heterocycles. The van der Waals surface area contributed by atoms with Crippen molar-refractivity contribution in [3.05, 3.63) is 140 Å². The Bertz CT molecular complexity index is 2500. The summed E-state index contributed by atoms with van der Waals surface area (Å²) >= 11 is 1.85. The molecule has 0 bridgehead atoms. The van der Waals surface area contributed by atoms with Gasteiger partial charge in [0.25, 0.3) is 0 Å². The number of para-hydroxylation sites is 1. The molecule has 0 atom stereocenters. The molecular weight excluding hydrogens is 543 g/mol. The zero-order valence-electron chi connectivity index (χ0n) is 23.0. The molecule has 9 aromatic rings. The fourth-order valence-electron chi connectivity index (χ4n) is 6.29. The summed E-state index contributed by atoms with van der Waals surface area (Å²) < 4.78 is 2.59. The molecule has 3 aromatic heterocycles. The number of hydrogen-bond donors (Lipinski definition) is 0. The lowest BCUT2D eigenvalue weighted by molar-refractivity contribution is 1.23. The summed E-state index contributed by atoms with van der Waals surface area (Å²) in [5.74, 6) is 0.720. The number of benzene rings is 6. The first-order valence-corrected chi connectivity index (χ1v) is 15.2. The minimum absolute atomic E-state index is 0.720. The van der Waals surface area contributed by atoms with Crippen LogP contribution in [-0.2, 0) is 0 Å². The number of pyridine rings is 1. The summed E-state index contributed by atoms with van der Waals surface area (Å²) in [7, 11) is 0. The van der Waals surface area contributed by atoms with Crippen LogP contribution in [0.4, 0.5) is 0 Å². The molecule has 0 N–H and O–H groups in total. The van der Waals surface area contributed by atoms with Gasteiger partial charge in [-0.25, -0.2) is 15.0 Å². The third-order valence-corrected chi connectivity index (χ3v) is 9.39. The van der Waals surface area contributed by atoms with Crippen molar-refractivity contribution in [3.8, 4) is 33.9 Å². The third kappa shape index (κ3) is 3.84. The minimum atomic E-state index is 0.720. The van der Waals surface area contributed by atoms with E-state index < -0.39 is 0 Å². The van der Waals surface area contributed by atoms with Gasteiger partial charge in [-0.05, 0) is 24.3 Å². The Morgan fingerprint density at radius 2 is 1.05 bits per heavy atom. The van der Waals surface area contributed by atoms with Crippen molar-refractivity contribution < 1.29 is 0 Å². The van der Waals surface area contributed by atoms with E-state index in [0.29, 0.717) is 0 Å². The van der Waals surface area contributed by atoms with Crippen molar-refractivity contribution >= 4 is 64.1 Å². The quantitative estimate of drug-likeness (QED) is 0.200. The Morgan fingerprint density at radius 3 is 1.88 bits per heavy atom. The lowest BCUT2D eigenvalue weighted by atomic mass is 9.95. The van der Waals surface area contributed by atoms with Gasteiger partial charge < -0.3 is 0 Å². The van der Waals surface area contributed by atoms with Crippen LogP contribution in [0.5, 0.6) is 0 Å². The topological polar surface area (TPSA) is 38.7 Å². The first kappa shape index (κ1) is 24.2. The van der Waals surface area contributed by atoms with Crippen molar-refractivity contribution in [1.82, 2.24) is 15.0 Å². The van der Waals surface area contributed by atoms with Gasteiger partial charge in [0.2, 0.25) is 0 Å². The molecule has 9 rings (SSSR count). The maximum absolute atomic E-state index is 5.35. The summed E-state index contributed by atoms with van der Waals surface area (Å²) in [5, 5.41) is 7.18. The molecule has 4 heteroatoms. The highest BCUT2D eigenvalue weighted by Crippen LogP contribution is 2.44. The predicted octanol–water partition coefficient (Wildman–Crippen LogP) is 10.7. The van der Waals surface area contributed by atoms with Crippen LogP contribution < -0.4 is 0 Å². The van der Waals surface area contributed by atoms with Gasteiger partial charge in [-0.15, -0.1) is 11.3 Å². The number of nitrogens with zero attached hydrogens (tertiary/aromatic N) is 3. The molecule has 0 spiro atoms. The standard InChI is InChI=1S/C39H23N3S/c1-3-11-24(12-4-1)37-30-21-22-34-36(29-16-8-10-18-33(29)43-34)35(30)27-20-19-26(23-32(27)40-37)38-28-15-7-9-17-31(28)41-39(42-38)25-13-5-2-6-14-25/h1-23H. The molecular formula is C39H23N3S. The SMILES string of the molecule is c1ccc(-c2nc(-c3ccc4c(c3)nc(-c3ccccc3)c3ccc5sc6ccccc6c5c34)c3ccccc3n2)cc1. The van der Waals surface area contributed by atoms with Crippen molar-refractivity contribution in [1.29, 1.82) is 0 Å². The molecule has 0 amide bonds. The van der Waals surface area contributed by atoms with E-state index in [1.165, 1.54) is 30.9 Å². The summed E-state index contributed by atoms with van der Waals surface area (Å²) in [5.41, 5.74) is 6.92. The van der Waals surface area contributed by atoms with Crippen molar-refractivity contribution in [2.75, 3.05) is 0 Å². The largest absolute Gasteiger partial charge is 0.247 e. The highest BCUT2D eigenvalue weighted by atomic mass is 32.1. The van der Waals surface area contributed by atoms with Crippen LogP contribution in [0.25, 0.3) is 86.7 Å². The second-order valence-electron chi connectivity index (χ2n) is 10.8. The van der Waals surface area contributed by atoms with Gasteiger partial charge in [-0.1, -0.05) is 115 Å². The Hall–Kier alpha value is -5.45. The van der Waals surface area contributed by atoms with Gasteiger partial charge >= 0.3 is 0 Å².